The van der Waals surface area contributed by atoms with E-state index in [2.05, 4.69) is 0 Å². The van der Waals surface area contributed by atoms with Gasteiger partial charge in [0.15, 0.2) is 0 Å². The molecule has 0 aliphatic rings. The molecule has 0 amide bonds. The Balaban J connectivity index is 2.24. The lowest BCUT2D eigenvalue weighted by Crippen LogP contribution is -2.12. The quantitative estimate of drug-likeness (QED) is 0.663. The van der Waals surface area contributed by atoms with Crippen LogP contribution in [-0.2, 0) is 6.61 Å². The summed E-state index contributed by atoms with van der Waals surface area (Å²) in [5.74, 6) is 0.361. The molecule has 2 aromatic rings. The van der Waals surface area contributed by atoms with Crippen LogP contribution in [0.15, 0.2) is 30.3 Å². The van der Waals surface area contributed by atoms with Gasteiger partial charge in [-0.15, -0.1) is 0 Å². The summed E-state index contributed by atoms with van der Waals surface area (Å²) in [6.45, 7) is 3.93. The number of nitrogen functional groups attached to an aromatic ring is 1. The molecule has 2 aromatic carbocycles. The van der Waals surface area contributed by atoms with Gasteiger partial charge in [-0.1, -0.05) is 11.6 Å². The third kappa shape index (κ3) is 3.52. The first-order chi connectivity index (χ1) is 9.88. The molecule has 3 N–H and O–H groups in total. The Hall–Kier alpha value is -2.07. The highest BCUT2D eigenvalue weighted by molar-refractivity contribution is 6.31. The van der Waals surface area contributed by atoms with Crippen molar-refractivity contribution in [3.8, 4) is 5.75 Å². The van der Waals surface area contributed by atoms with Crippen LogP contribution >= 0.6 is 11.6 Å². The molecule has 0 saturated carbocycles. The molecule has 5 heteroatoms. The van der Waals surface area contributed by atoms with Crippen molar-refractivity contribution >= 4 is 17.4 Å². The second kappa shape index (κ2) is 6.14. The molecule has 21 heavy (non-hydrogen) atoms. The first kappa shape index (κ1) is 15.3. The lowest BCUT2D eigenvalue weighted by molar-refractivity contribution is 0.301. The maximum atomic E-state index is 13.2. The first-order valence-corrected chi connectivity index (χ1v) is 6.78. The second-order valence-electron chi connectivity index (χ2n) is 4.88. The third-order valence-corrected chi connectivity index (χ3v) is 3.52. The van der Waals surface area contributed by atoms with Gasteiger partial charge in [-0.25, -0.2) is 4.39 Å². The first-order valence-electron chi connectivity index (χ1n) is 6.41. The van der Waals surface area contributed by atoms with E-state index in [0.29, 0.717) is 21.9 Å². The summed E-state index contributed by atoms with van der Waals surface area (Å²) in [6, 6.07) is 7.75. The van der Waals surface area contributed by atoms with E-state index in [4.69, 9.17) is 27.5 Å². The summed E-state index contributed by atoms with van der Waals surface area (Å²) in [4.78, 5) is 0. The molecule has 0 unspecified atom stereocenters. The highest BCUT2D eigenvalue weighted by Gasteiger charge is 2.10. The maximum Gasteiger partial charge on any atom is 0.125 e. The van der Waals surface area contributed by atoms with Gasteiger partial charge in [0.1, 0.15) is 24.0 Å². The number of rotatable bonds is 4. The monoisotopic (exact) mass is 306 g/mol. The van der Waals surface area contributed by atoms with Gasteiger partial charge >= 0.3 is 0 Å². The van der Waals surface area contributed by atoms with Crippen LogP contribution in [0.4, 0.5) is 4.39 Å². The summed E-state index contributed by atoms with van der Waals surface area (Å²) in [5, 5.41) is 7.93. The SMILES string of the molecule is Cc1cc(C(=N)N)cc(C)c1OCc1cc(F)ccc1Cl. The highest BCUT2D eigenvalue weighted by atomic mass is 35.5. The van der Waals surface area contributed by atoms with Crippen LogP contribution in [0.3, 0.4) is 0 Å². The Morgan fingerprint density at radius 3 is 2.43 bits per heavy atom. The molecule has 0 saturated heterocycles. The van der Waals surface area contributed by atoms with Crippen molar-refractivity contribution in [1.82, 2.24) is 0 Å². The number of amidine groups is 1. The molecule has 0 heterocycles. The summed E-state index contributed by atoms with van der Waals surface area (Å²) in [6.07, 6.45) is 0. The average molecular weight is 307 g/mol. The minimum Gasteiger partial charge on any atom is -0.488 e. The summed E-state index contributed by atoms with van der Waals surface area (Å²) in [7, 11) is 0. The van der Waals surface area contributed by atoms with E-state index in [1.165, 1.54) is 18.2 Å². The molecule has 0 bridgehead atoms. The van der Waals surface area contributed by atoms with Gasteiger partial charge in [0.25, 0.3) is 0 Å². The van der Waals surface area contributed by atoms with Crippen LogP contribution in [0.5, 0.6) is 5.75 Å². The largest absolute Gasteiger partial charge is 0.488 e. The topological polar surface area (TPSA) is 59.1 Å². The number of ether oxygens (including phenoxy) is 1. The fourth-order valence-electron chi connectivity index (χ4n) is 2.14. The average Bonchev–Trinajstić information content (AvgIpc) is 2.41. The number of aryl methyl sites for hydroxylation is 2. The summed E-state index contributed by atoms with van der Waals surface area (Å²) in [5.41, 5.74) is 8.47. The maximum absolute atomic E-state index is 13.2. The van der Waals surface area contributed by atoms with E-state index in [9.17, 15) is 4.39 Å². The van der Waals surface area contributed by atoms with Crippen molar-refractivity contribution in [3.63, 3.8) is 0 Å². The van der Waals surface area contributed by atoms with E-state index in [1.54, 1.807) is 12.1 Å². The van der Waals surface area contributed by atoms with Gasteiger partial charge in [-0.2, -0.15) is 0 Å². The van der Waals surface area contributed by atoms with Crippen molar-refractivity contribution in [1.29, 1.82) is 5.41 Å². The van der Waals surface area contributed by atoms with E-state index < -0.39 is 0 Å². The third-order valence-electron chi connectivity index (χ3n) is 3.15. The van der Waals surface area contributed by atoms with Crippen molar-refractivity contribution in [2.24, 2.45) is 5.73 Å². The van der Waals surface area contributed by atoms with Gasteiger partial charge in [0, 0.05) is 16.1 Å². The summed E-state index contributed by atoms with van der Waals surface area (Å²) < 4.78 is 19.0. The zero-order chi connectivity index (χ0) is 15.6. The molecule has 0 spiro atoms. The predicted molar refractivity (Wildman–Crippen MR) is 82.7 cm³/mol. The van der Waals surface area contributed by atoms with E-state index in [0.717, 1.165) is 11.1 Å². The lowest BCUT2D eigenvalue weighted by atomic mass is 10.1. The molecular weight excluding hydrogens is 291 g/mol. The number of hydrogen-bond donors (Lipinski definition) is 2. The Kier molecular flexibility index (Phi) is 4.48. The molecule has 2 rings (SSSR count). The van der Waals surface area contributed by atoms with E-state index >= 15 is 0 Å². The van der Waals surface area contributed by atoms with Gasteiger partial charge < -0.3 is 10.5 Å². The minimum atomic E-state index is -0.349. The number of nitrogens with one attached hydrogen (secondary N) is 1. The van der Waals surface area contributed by atoms with Crippen LogP contribution in [-0.4, -0.2) is 5.84 Å². The molecule has 0 aromatic heterocycles. The zero-order valence-corrected chi connectivity index (χ0v) is 12.6. The van der Waals surface area contributed by atoms with Gasteiger partial charge in [0.05, 0.1) is 0 Å². The molecule has 0 aliphatic carbocycles. The van der Waals surface area contributed by atoms with Crippen LogP contribution in [0.1, 0.15) is 22.3 Å². The predicted octanol–water partition coefficient (Wildman–Crippen LogP) is 3.96. The molecule has 0 radical (unpaired) electrons. The molecule has 0 aliphatic heterocycles. The Labute approximate surface area is 128 Å². The molecule has 110 valence electrons. The van der Waals surface area contributed by atoms with Crippen molar-refractivity contribution in [2.75, 3.05) is 0 Å². The fourth-order valence-corrected chi connectivity index (χ4v) is 2.31. The Bertz CT molecular complexity index is 678. The normalized spacial score (nSPS) is 10.5. The van der Waals surface area contributed by atoms with Gasteiger partial charge in [-0.3, -0.25) is 5.41 Å². The van der Waals surface area contributed by atoms with Crippen molar-refractivity contribution < 1.29 is 9.13 Å². The molecule has 0 atom stereocenters. The zero-order valence-electron chi connectivity index (χ0n) is 11.8. The fraction of sp³-hybridized carbons (Fsp3) is 0.188. The summed E-state index contributed by atoms with van der Waals surface area (Å²) >= 11 is 6.02. The lowest BCUT2D eigenvalue weighted by Gasteiger charge is -2.14. The molecular formula is C16H16ClFN2O. The number of benzene rings is 2. The minimum absolute atomic E-state index is 0.0147. The highest BCUT2D eigenvalue weighted by Crippen LogP contribution is 2.27. The molecule has 0 fully saturated rings. The van der Waals surface area contributed by atoms with Crippen molar-refractivity contribution in [3.05, 3.63) is 63.4 Å². The smallest absolute Gasteiger partial charge is 0.125 e. The standard InChI is InChI=1S/C16H16ClFN2O/c1-9-5-11(16(19)20)6-10(2)15(9)21-8-12-7-13(18)3-4-14(12)17/h3-7H,8H2,1-2H3,(H3,19,20). The Morgan fingerprint density at radius 1 is 1.24 bits per heavy atom. The van der Waals surface area contributed by atoms with Crippen LogP contribution in [0.25, 0.3) is 0 Å². The van der Waals surface area contributed by atoms with Crippen LogP contribution in [0.2, 0.25) is 5.02 Å². The Morgan fingerprint density at radius 2 is 1.86 bits per heavy atom. The van der Waals surface area contributed by atoms with Crippen LogP contribution in [0, 0.1) is 25.1 Å². The van der Waals surface area contributed by atoms with Crippen LogP contribution < -0.4 is 10.5 Å². The van der Waals surface area contributed by atoms with E-state index in [1.807, 2.05) is 13.8 Å². The molecule has 3 nitrogen and oxygen atoms in total. The number of halogens is 2. The van der Waals surface area contributed by atoms with E-state index in [-0.39, 0.29) is 18.3 Å². The van der Waals surface area contributed by atoms with Crippen molar-refractivity contribution in [2.45, 2.75) is 20.5 Å². The van der Waals surface area contributed by atoms with Gasteiger partial charge in [0.2, 0.25) is 0 Å². The second-order valence-corrected chi connectivity index (χ2v) is 5.28. The van der Waals surface area contributed by atoms with Gasteiger partial charge in [-0.05, 0) is 55.3 Å². The number of nitrogens with two attached hydrogens (primary N) is 1. The number of hydrogen-bond acceptors (Lipinski definition) is 2.